The van der Waals surface area contributed by atoms with E-state index in [0.717, 1.165) is 0 Å². The molecule has 0 radical (unpaired) electrons. The largest absolute Gasteiger partial charge is 0.264 e. The highest BCUT2D eigenvalue weighted by Crippen LogP contribution is 2.34. The molecule has 13 heavy (non-hydrogen) atoms. The van der Waals surface area contributed by atoms with Crippen LogP contribution in [0.5, 0.6) is 0 Å². The van der Waals surface area contributed by atoms with Gasteiger partial charge in [0.2, 0.25) is 5.69 Å². The Hall–Kier alpha value is -1.18. The lowest BCUT2D eigenvalue weighted by atomic mass is 9.92. The molecule has 68 valence electrons. The van der Waals surface area contributed by atoms with Crippen LogP contribution in [0.1, 0.15) is 25.3 Å². The SMILES string of the molecule is CC(C)C1C=[N+](C)c2ccncc21. The molecular formula is C11H15N2+. The maximum absolute atomic E-state index is 4.18. The molecule has 1 atom stereocenters. The van der Waals surface area contributed by atoms with Crippen LogP contribution in [0, 0.1) is 5.92 Å². The quantitative estimate of drug-likeness (QED) is 0.597. The van der Waals surface area contributed by atoms with Gasteiger partial charge in [0.05, 0.1) is 11.5 Å². The van der Waals surface area contributed by atoms with Gasteiger partial charge in [-0.15, -0.1) is 0 Å². The molecule has 2 nitrogen and oxygen atoms in total. The Morgan fingerprint density at radius 1 is 1.46 bits per heavy atom. The summed E-state index contributed by atoms with van der Waals surface area (Å²) in [6.07, 6.45) is 6.11. The van der Waals surface area contributed by atoms with E-state index in [0.29, 0.717) is 11.8 Å². The molecule has 0 bridgehead atoms. The highest BCUT2D eigenvalue weighted by molar-refractivity contribution is 5.72. The molecule has 2 rings (SSSR count). The number of hydrogen-bond donors (Lipinski definition) is 0. The molecular weight excluding hydrogens is 160 g/mol. The van der Waals surface area contributed by atoms with Gasteiger partial charge >= 0.3 is 0 Å². The predicted octanol–water partition coefficient (Wildman–Crippen LogP) is 2.18. The maximum atomic E-state index is 4.18. The van der Waals surface area contributed by atoms with Crippen LogP contribution in [-0.2, 0) is 0 Å². The summed E-state index contributed by atoms with van der Waals surface area (Å²) in [6, 6.07) is 2.08. The van der Waals surface area contributed by atoms with E-state index in [2.05, 4.69) is 42.7 Å². The van der Waals surface area contributed by atoms with Crippen molar-refractivity contribution in [3.8, 4) is 0 Å². The van der Waals surface area contributed by atoms with E-state index < -0.39 is 0 Å². The zero-order valence-corrected chi connectivity index (χ0v) is 8.36. The van der Waals surface area contributed by atoms with Crippen LogP contribution in [-0.4, -0.2) is 22.8 Å². The molecule has 1 aliphatic heterocycles. The summed E-state index contributed by atoms with van der Waals surface area (Å²) < 4.78 is 2.20. The molecule has 1 unspecified atom stereocenters. The van der Waals surface area contributed by atoms with Crippen molar-refractivity contribution in [1.29, 1.82) is 0 Å². The smallest absolute Gasteiger partial charge is 0.211 e. The number of fused-ring (bicyclic) bond motifs is 1. The molecule has 0 aromatic carbocycles. The second-order valence-electron chi connectivity index (χ2n) is 3.96. The highest BCUT2D eigenvalue weighted by atomic mass is 15.0. The number of pyridine rings is 1. The van der Waals surface area contributed by atoms with Crippen molar-refractivity contribution in [1.82, 2.24) is 4.98 Å². The lowest BCUT2D eigenvalue weighted by molar-refractivity contribution is -0.396. The van der Waals surface area contributed by atoms with Crippen molar-refractivity contribution in [2.24, 2.45) is 5.92 Å². The zero-order valence-electron chi connectivity index (χ0n) is 8.36. The van der Waals surface area contributed by atoms with E-state index in [1.165, 1.54) is 11.3 Å². The van der Waals surface area contributed by atoms with Gasteiger partial charge in [0.25, 0.3) is 0 Å². The van der Waals surface area contributed by atoms with Crippen LogP contribution in [0.3, 0.4) is 0 Å². The standard InChI is InChI=1S/C11H15N2/c1-8(2)10-7-13(3)11-4-5-12-6-9(10)11/h4-8,10H,1-3H3/q+1. The van der Waals surface area contributed by atoms with Gasteiger partial charge < -0.3 is 0 Å². The molecule has 0 aliphatic carbocycles. The molecule has 2 heteroatoms. The number of hydrogen-bond acceptors (Lipinski definition) is 1. The van der Waals surface area contributed by atoms with Crippen molar-refractivity contribution in [2.45, 2.75) is 19.8 Å². The molecule has 1 aliphatic rings. The molecule has 0 saturated carbocycles. The molecule has 1 aromatic heterocycles. The van der Waals surface area contributed by atoms with E-state index in [9.17, 15) is 0 Å². The van der Waals surface area contributed by atoms with Crippen molar-refractivity contribution in [3.63, 3.8) is 0 Å². The van der Waals surface area contributed by atoms with Crippen molar-refractivity contribution < 1.29 is 4.58 Å². The first-order chi connectivity index (χ1) is 6.20. The second-order valence-corrected chi connectivity index (χ2v) is 3.96. The number of nitrogens with zero attached hydrogens (tertiary/aromatic N) is 2. The van der Waals surface area contributed by atoms with Crippen LogP contribution >= 0.6 is 0 Å². The fourth-order valence-electron chi connectivity index (χ4n) is 1.91. The summed E-state index contributed by atoms with van der Waals surface area (Å²) in [5.41, 5.74) is 2.66. The first-order valence-corrected chi connectivity index (χ1v) is 4.72. The van der Waals surface area contributed by atoms with Gasteiger partial charge in [-0.05, 0) is 5.92 Å². The van der Waals surface area contributed by atoms with Gasteiger partial charge in [-0.25, -0.2) is 4.58 Å². The summed E-state index contributed by atoms with van der Waals surface area (Å²) in [5.74, 6) is 1.18. The lowest BCUT2D eigenvalue weighted by Crippen LogP contribution is -2.05. The molecule has 0 amide bonds. The van der Waals surface area contributed by atoms with Crippen molar-refractivity contribution in [3.05, 3.63) is 24.0 Å². The highest BCUT2D eigenvalue weighted by Gasteiger charge is 2.30. The van der Waals surface area contributed by atoms with Gasteiger partial charge in [-0.3, -0.25) is 4.98 Å². The average Bonchev–Trinajstić information content (AvgIpc) is 2.45. The minimum atomic E-state index is 0.536. The fourth-order valence-corrected chi connectivity index (χ4v) is 1.91. The van der Waals surface area contributed by atoms with Gasteiger partial charge in [0.1, 0.15) is 7.05 Å². The van der Waals surface area contributed by atoms with Crippen LogP contribution in [0.15, 0.2) is 18.5 Å². The van der Waals surface area contributed by atoms with Crippen LogP contribution in [0.2, 0.25) is 0 Å². The Kier molecular flexibility index (Phi) is 1.91. The summed E-state index contributed by atoms with van der Waals surface area (Å²) >= 11 is 0. The van der Waals surface area contributed by atoms with Crippen molar-refractivity contribution >= 4 is 11.9 Å². The monoisotopic (exact) mass is 175 g/mol. The third-order valence-corrected chi connectivity index (χ3v) is 2.67. The van der Waals surface area contributed by atoms with E-state index in [1.807, 2.05) is 12.4 Å². The third kappa shape index (κ3) is 1.26. The molecule has 0 spiro atoms. The second kappa shape index (κ2) is 2.95. The average molecular weight is 175 g/mol. The van der Waals surface area contributed by atoms with Gasteiger partial charge in [-0.2, -0.15) is 0 Å². The van der Waals surface area contributed by atoms with Crippen LogP contribution in [0.25, 0.3) is 0 Å². The molecule has 0 N–H and O–H groups in total. The molecule has 0 saturated heterocycles. The Balaban J connectivity index is 2.50. The minimum absolute atomic E-state index is 0.536. The lowest BCUT2D eigenvalue weighted by Gasteiger charge is -2.07. The Morgan fingerprint density at radius 3 is 2.92 bits per heavy atom. The van der Waals surface area contributed by atoms with E-state index >= 15 is 0 Å². The Bertz CT molecular complexity index is 353. The summed E-state index contributed by atoms with van der Waals surface area (Å²) in [4.78, 5) is 4.18. The molecule has 1 aromatic rings. The van der Waals surface area contributed by atoms with E-state index in [1.54, 1.807) is 0 Å². The minimum Gasteiger partial charge on any atom is -0.264 e. The van der Waals surface area contributed by atoms with Crippen LogP contribution in [0.4, 0.5) is 5.69 Å². The summed E-state index contributed by atoms with van der Waals surface area (Å²) in [5, 5.41) is 0. The van der Waals surface area contributed by atoms with Crippen molar-refractivity contribution in [2.75, 3.05) is 7.05 Å². The molecule has 0 fully saturated rings. The first-order valence-electron chi connectivity index (χ1n) is 4.72. The van der Waals surface area contributed by atoms with Crippen LogP contribution < -0.4 is 0 Å². The van der Waals surface area contributed by atoms with Gasteiger partial charge in [0.15, 0.2) is 6.21 Å². The third-order valence-electron chi connectivity index (χ3n) is 2.67. The van der Waals surface area contributed by atoms with E-state index in [4.69, 9.17) is 0 Å². The maximum Gasteiger partial charge on any atom is 0.211 e. The summed E-state index contributed by atoms with van der Waals surface area (Å²) in [7, 11) is 2.10. The topological polar surface area (TPSA) is 15.9 Å². The first kappa shape index (κ1) is 8.42. The van der Waals surface area contributed by atoms with E-state index in [-0.39, 0.29) is 0 Å². The molecule has 2 heterocycles. The van der Waals surface area contributed by atoms with Gasteiger partial charge in [-0.1, -0.05) is 13.8 Å². The normalized spacial score (nSPS) is 20.3. The summed E-state index contributed by atoms with van der Waals surface area (Å²) in [6.45, 7) is 4.49. The number of aromatic nitrogens is 1. The predicted molar refractivity (Wildman–Crippen MR) is 53.7 cm³/mol. The zero-order chi connectivity index (χ0) is 9.42. The van der Waals surface area contributed by atoms with Gasteiger partial charge in [0, 0.05) is 18.5 Å². The fraction of sp³-hybridized carbons (Fsp3) is 0.455. The Labute approximate surface area is 78.9 Å². The number of rotatable bonds is 1. The Morgan fingerprint density at radius 2 is 2.23 bits per heavy atom.